The first-order chi connectivity index (χ1) is 10.1. The minimum atomic E-state index is -0.0783. The maximum absolute atomic E-state index is 12.5. The predicted molar refractivity (Wildman–Crippen MR) is 84.1 cm³/mol. The van der Waals surface area contributed by atoms with Gasteiger partial charge in [-0.05, 0) is 34.7 Å². The minimum absolute atomic E-state index is 0.0783. The molecule has 0 atom stereocenters. The maximum atomic E-state index is 12.5. The van der Waals surface area contributed by atoms with Gasteiger partial charge in [-0.1, -0.05) is 6.42 Å². The zero-order valence-corrected chi connectivity index (χ0v) is 13.5. The van der Waals surface area contributed by atoms with Crippen molar-refractivity contribution in [2.75, 3.05) is 5.32 Å². The van der Waals surface area contributed by atoms with E-state index in [0.29, 0.717) is 29.2 Å². The summed E-state index contributed by atoms with van der Waals surface area (Å²) in [4.78, 5) is 16.7. The van der Waals surface area contributed by atoms with Gasteiger partial charge >= 0.3 is 0 Å². The Kier molecular flexibility index (Phi) is 4.10. The molecule has 0 spiro atoms. The van der Waals surface area contributed by atoms with E-state index in [1.165, 1.54) is 19.3 Å². The summed E-state index contributed by atoms with van der Waals surface area (Å²) in [5.41, 5.74) is 0.470. The van der Waals surface area contributed by atoms with Crippen molar-refractivity contribution in [2.24, 2.45) is 13.0 Å². The zero-order chi connectivity index (χ0) is 14.8. The van der Waals surface area contributed by atoms with Crippen LogP contribution in [0.4, 0.5) is 5.69 Å². The molecule has 2 heterocycles. The van der Waals surface area contributed by atoms with Crippen molar-refractivity contribution in [1.29, 1.82) is 0 Å². The average Bonchev–Trinajstić information content (AvgIpc) is 2.81. The summed E-state index contributed by atoms with van der Waals surface area (Å²) in [6, 6.07) is 0. The molecule has 1 aliphatic rings. The molecule has 0 aliphatic heterocycles. The monoisotopic (exact) mass is 351 g/mol. The van der Waals surface area contributed by atoms with Crippen LogP contribution < -0.4 is 10.9 Å². The van der Waals surface area contributed by atoms with Gasteiger partial charge in [-0.15, -0.1) is 0 Å². The van der Waals surface area contributed by atoms with Crippen molar-refractivity contribution in [3.8, 4) is 0 Å². The molecule has 3 rings (SSSR count). The number of aryl methyl sites for hydroxylation is 1. The Balaban J connectivity index is 1.78. The van der Waals surface area contributed by atoms with E-state index < -0.39 is 0 Å². The second-order valence-corrected chi connectivity index (χ2v) is 6.31. The summed E-state index contributed by atoms with van der Waals surface area (Å²) < 4.78 is 4.18. The van der Waals surface area contributed by atoms with Crippen molar-refractivity contribution < 1.29 is 0 Å². The Morgan fingerprint density at radius 2 is 2.29 bits per heavy atom. The third-order valence-corrected chi connectivity index (χ3v) is 4.60. The van der Waals surface area contributed by atoms with Crippen molar-refractivity contribution in [2.45, 2.75) is 32.4 Å². The second kappa shape index (κ2) is 6.01. The molecule has 21 heavy (non-hydrogen) atoms. The van der Waals surface area contributed by atoms with E-state index in [-0.39, 0.29) is 5.56 Å². The van der Waals surface area contributed by atoms with Gasteiger partial charge in [0.1, 0.15) is 11.5 Å². The number of anilines is 1. The Morgan fingerprint density at radius 1 is 1.48 bits per heavy atom. The van der Waals surface area contributed by atoms with Crippen LogP contribution >= 0.6 is 15.9 Å². The zero-order valence-electron chi connectivity index (χ0n) is 11.9. The van der Waals surface area contributed by atoms with E-state index in [9.17, 15) is 4.79 Å². The van der Waals surface area contributed by atoms with Gasteiger partial charge in [0.25, 0.3) is 5.56 Å². The van der Waals surface area contributed by atoms with Crippen LogP contribution in [-0.4, -0.2) is 19.3 Å². The molecule has 0 unspecified atom stereocenters. The van der Waals surface area contributed by atoms with Gasteiger partial charge in [0, 0.05) is 26.0 Å². The van der Waals surface area contributed by atoms with Gasteiger partial charge in [-0.3, -0.25) is 4.79 Å². The van der Waals surface area contributed by atoms with E-state index in [2.05, 4.69) is 31.3 Å². The third kappa shape index (κ3) is 3.02. The van der Waals surface area contributed by atoms with Gasteiger partial charge in [0.15, 0.2) is 0 Å². The molecule has 7 heteroatoms. The summed E-state index contributed by atoms with van der Waals surface area (Å²) in [7, 11) is 1.93. The normalized spacial score (nSPS) is 15.0. The van der Waals surface area contributed by atoms with E-state index in [4.69, 9.17) is 0 Å². The van der Waals surface area contributed by atoms with Gasteiger partial charge < -0.3 is 9.88 Å². The first kappa shape index (κ1) is 14.3. The fraction of sp³-hybridized carbons (Fsp3) is 0.500. The Hall–Kier alpha value is -1.63. The minimum Gasteiger partial charge on any atom is -0.372 e. The smallest absolute Gasteiger partial charge is 0.291 e. The fourth-order valence-corrected chi connectivity index (χ4v) is 2.81. The van der Waals surface area contributed by atoms with E-state index in [1.807, 2.05) is 17.8 Å². The third-order valence-electron chi connectivity index (χ3n) is 4.00. The highest BCUT2D eigenvalue weighted by molar-refractivity contribution is 9.10. The van der Waals surface area contributed by atoms with E-state index in [0.717, 1.165) is 5.82 Å². The van der Waals surface area contributed by atoms with Crippen LogP contribution in [0.5, 0.6) is 0 Å². The molecule has 2 aromatic rings. The van der Waals surface area contributed by atoms with Gasteiger partial charge in [-0.2, -0.15) is 5.10 Å². The Bertz CT molecular complexity index is 689. The van der Waals surface area contributed by atoms with Crippen LogP contribution in [-0.2, 0) is 20.1 Å². The maximum Gasteiger partial charge on any atom is 0.291 e. The lowest BCUT2D eigenvalue weighted by Gasteiger charge is -2.25. The number of nitrogens with zero attached hydrogens (tertiary/aromatic N) is 4. The molecule has 0 amide bonds. The van der Waals surface area contributed by atoms with Crippen LogP contribution in [0.15, 0.2) is 27.9 Å². The summed E-state index contributed by atoms with van der Waals surface area (Å²) in [6.45, 7) is 1.22. The molecule has 0 saturated heterocycles. The van der Waals surface area contributed by atoms with E-state index in [1.54, 1.807) is 17.1 Å². The highest BCUT2D eigenvalue weighted by Crippen LogP contribution is 2.27. The average molecular weight is 352 g/mol. The van der Waals surface area contributed by atoms with Crippen molar-refractivity contribution >= 4 is 21.6 Å². The Labute approximate surface area is 131 Å². The molecule has 0 aromatic carbocycles. The topological polar surface area (TPSA) is 64.7 Å². The lowest BCUT2D eigenvalue weighted by molar-refractivity contribution is 0.262. The predicted octanol–water partition coefficient (Wildman–Crippen LogP) is 2.15. The van der Waals surface area contributed by atoms with Crippen molar-refractivity contribution in [1.82, 2.24) is 19.3 Å². The van der Waals surface area contributed by atoms with E-state index >= 15 is 0 Å². The number of imidazole rings is 1. The second-order valence-electron chi connectivity index (χ2n) is 5.46. The molecule has 2 aromatic heterocycles. The number of rotatable bonds is 5. The number of hydrogen-bond donors (Lipinski definition) is 1. The molecule has 0 radical (unpaired) electrons. The first-order valence-corrected chi connectivity index (χ1v) is 7.90. The number of aromatic nitrogens is 4. The van der Waals surface area contributed by atoms with Crippen LogP contribution in [0, 0.1) is 5.92 Å². The number of nitrogens with one attached hydrogen (secondary N) is 1. The van der Waals surface area contributed by atoms with Gasteiger partial charge in [0.05, 0.1) is 17.2 Å². The molecule has 1 fully saturated rings. The molecule has 1 N–H and O–H groups in total. The highest BCUT2D eigenvalue weighted by Gasteiger charge is 2.20. The Morgan fingerprint density at radius 3 is 2.90 bits per heavy atom. The molecular weight excluding hydrogens is 334 g/mol. The van der Waals surface area contributed by atoms with Crippen LogP contribution in [0.3, 0.4) is 0 Å². The van der Waals surface area contributed by atoms with Crippen LogP contribution in [0.2, 0.25) is 0 Å². The standard InChI is InChI=1S/C14H18BrN5O/c1-19-6-5-16-12(19)8-17-13-11(15)7-18-20(14(13)21)9-10-3-2-4-10/h5-7,10,17H,2-4,8-9H2,1H3. The molecular formula is C14H18BrN5O. The van der Waals surface area contributed by atoms with Crippen molar-refractivity contribution in [3.05, 3.63) is 39.2 Å². The molecule has 0 bridgehead atoms. The number of hydrogen-bond acceptors (Lipinski definition) is 4. The number of halogens is 1. The lowest BCUT2D eigenvalue weighted by atomic mass is 9.85. The molecule has 1 aliphatic carbocycles. The van der Waals surface area contributed by atoms with Gasteiger partial charge in [0.2, 0.25) is 0 Å². The summed E-state index contributed by atoms with van der Waals surface area (Å²) >= 11 is 3.40. The summed E-state index contributed by atoms with van der Waals surface area (Å²) in [5, 5.41) is 7.39. The summed E-state index contributed by atoms with van der Waals surface area (Å²) in [5.74, 6) is 1.47. The summed E-state index contributed by atoms with van der Waals surface area (Å²) in [6.07, 6.45) is 8.96. The van der Waals surface area contributed by atoms with Crippen LogP contribution in [0.1, 0.15) is 25.1 Å². The SMILES string of the molecule is Cn1ccnc1CNc1c(Br)cnn(CC2CCC2)c1=O. The largest absolute Gasteiger partial charge is 0.372 e. The highest BCUT2D eigenvalue weighted by atomic mass is 79.9. The quantitative estimate of drug-likeness (QED) is 0.896. The fourth-order valence-electron chi connectivity index (χ4n) is 2.41. The van der Waals surface area contributed by atoms with Crippen molar-refractivity contribution in [3.63, 3.8) is 0 Å². The molecule has 1 saturated carbocycles. The first-order valence-electron chi connectivity index (χ1n) is 7.11. The van der Waals surface area contributed by atoms with Crippen LogP contribution in [0.25, 0.3) is 0 Å². The molecule has 6 nitrogen and oxygen atoms in total. The molecule has 112 valence electrons. The lowest BCUT2D eigenvalue weighted by Crippen LogP contribution is -2.31. The van der Waals surface area contributed by atoms with Gasteiger partial charge in [-0.25, -0.2) is 9.67 Å².